The first-order valence-electron chi connectivity index (χ1n) is 7.66. The summed E-state index contributed by atoms with van der Waals surface area (Å²) < 4.78 is 18.1. The summed E-state index contributed by atoms with van der Waals surface area (Å²) >= 11 is 1.22. The predicted molar refractivity (Wildman–Crippen MR) is 95.3 cm³/mol. The van der Waals surface area contributed by atoms with E-state index in [0.717, 1.165) is 5.56 Å². The van der Waals surface area contributed by atoms with E-state index in [2.05, 4.69) is 15.3 Å². The largest absolute Gasteiger partial charge is 0.449 e. The number of ether oxygens (including phenoxy) is 1. The Bertz CT molecular complexity index is 913. The molecule has 0 fully saturated rings. The van der Waals surface area contributed by atoms with Gasteiger partial charge in [-0.2, -0.15) is 0 Å². The summed E-state index contributed by atoms with van der Waals surface area (Å²) in [6.07, 6.45) is 1.94. The molecule has 0 radical (unpaired) electrons. The van der Waals surface area contributed by atoms with Crippen LogP contribution in [0.3, 0.4) is 0 Å². The lowest BCUT2D eigenvalue weighted by Crippen LogP contribution is -2.29. The molecule has 1 aromatic carbocycles. The number of thiazole rings is 1. The fourth-order valence-corrected chi connectivity index (χ4v) is 2.78. The topological polar surface area (TPSA) is 81.2 Å². The van der Waals surface area contributed by atoms with Crippen molar-refractivity contribution in [3.63, 3.8) is 0 Å². The second-order valence-electron chi connectivity index (χ2n) is 5.32. The Morgan fingerprint density at radius 1 is 1.15 bits per heavy atom. The van der Waals surface area contributed by atoms with E-state index < -0.39 is 18.0 Å². The van der Waals surface area contributed by atoms with Gasteiger partial charge in [-0.1, -0.05) is 0 Å². The van der Waals surface area contributed by atoms with Crippen LogP contribution in [-0.2, 0) is 9.53 Å². The van der Waals surface area contributed by atoms with Crippen LogP contribution in [0.5, 0.6) is 0 Å². The fourth-order valence-electron chi connectivity index (χ4n) is 2.06. The molecule has 0 saturated carbocycles. The number of rotatable bonds is 5. The molecular formula is C18H14FN3O3S. The molecule has 3 aromatic rings. The van der Waals surface area contributed by atoms with E-state index in [1.807, 2.05) is 0 Å². The van der Waals surface area contributed by atoms with Gasteiger partial charge in [0.05, 0.1) is 11.3 Å². The Balaban J connectivity index is 1.61. The van der Waals surface area contributed by atoms with Crippen molar-refractivity contribution in [2.45, 2.75) is 13.0 Å². The van der Waals surface area contributed by atoms with Gasteiger partial charge < -0.3 is 4.74 Å². The SMILES string of the molecule is CC(OC(=O)c1ccncc1)C(=O)Nc1nc(-c2ccc(F)cc2)cs1. The highest BCUT2D eigenvalue weighted by molar-refractivity contribution is 7.14. The van der Waals surface area contributed by atoms with Crippen LogP contribution >= 0.6 is 11.3 Å². The maximum Gasteiger partial charge on any atom is 0.339 e. The Morgan fingerprint density at radius 2 is 1.85 bits per heavy atom. The van der Waals surface area contributed by atoms with E-state index in [1.54, 1.807) is 17.5 Å². The number of nitrogens with one attached hydrogen (secondary N) is 1. The van der Waals surface area contributed by atoms with Crippen LogP contribution in [-0.4, -0.2) is 27.9 Å². The van der Waals surface area contributed by atoms with Crippen LogP contribution in [0.4, 0.5) is 9.52 Å². The molecule has 1 unspecified atom stereocenters. The smallest absolute Gasteiger partial charge is 0.339 e. The van der Waals surface area contributed by atoms with Crippen LogP contribution < -0.4 is 5.32 Å². The average Bonchev–Trinajstić information content (AvgIpc) is 3.11. The summed E-state index contributed by atoms with van der Waals surface area (Å²) in [5.41, 5.74) is 1.67. The van der Waals surface area contributed by atoms with Gasteiger partial charge in [0, 0.05) is 23.3 Å². The van der Waals surface area contributed by atoms with Crippen LogP contribution in [0.25, 0.3) is 11.3 Å². The van der Waals surface area contributed by atoms with Gasteiger partial charge in [-0.05, 0) is 43.3 Å². The summed E-state index contributed by atoms with van der Waals surface area (Å²) in [6, 6.07) is 8.90. The summed E-state index contributed by atoms with van der Waals surface area (Å²) in [5.74, 6) is -1.43. The minimum atomic E-state index is -0.992. The molecule has 0 spiro atoms. The number of esters is 1. The third-order valence-electron chi connectivity index (χ3n) is 3.44. The van der Waals surface area contributed by atoms with Gasteiger partial charge in [-0.15, -0.1) is 11.3 Å². The third-order valence-corrected chi connectivity index (χ3v) is 4.20. The first kappa shape index (κ1) is 17.7. The molecule has 3 rings (SSSR count). The number of hydrogen-bond acceptors (Lipinski definition) is 6. The van der Waals surface area contributed by atoms with Gasteiger partial charge in [0.25, 0.3) is 5.91 Å². The highest BCUT2D eigenvalue weighted by Crippen LogP contribution is 2.25. The zero-order valence-corrected chi connectivity index (χ0v) is 14.5. The van der Waals surface area contributed by atoms with Crippen molar-refractivity contribution in [2.75, 3.05) is 5.32 Å². The molecule has 0 aliphatic heterocycles. The first-order valence-corrected chi connectivity index (χ1v) is 8.54. The Kier molecular flexibility index (Phi) is 5.33. The van der Waals surface area contributed by atoms with Crippen molar-refractivity contribution >= 4 is 28.3 Å². The van der Waals surface area contributed by atoms with Gasteiger partial charge in [-0.3, -0.25) is 15.1 Å². The molecule has 26 heavy (non-hydrogen) atoms. The molecule has 0 bridgehead atoms. The third kappa shape index (κ3) is 4.28. The fraction of sp³-hybridized carbons (Fsp3) is 0.111. The van der Waals surface area contributed by atoms with Crippen molar-refractivity contribution in [1.29, 1.82) is 0 Å². The lowest BCUT2D eigenvalue weighted by Gasteiger charge is -2.12. The van der Waals surface area contributed by atoms with E-state index >= 15 is 0 Å². The van der Waals surface area contributed by atoms with E-state index in [9.17, 15) is 14.0 Å². The molecule has 1 N–H and O–H groups in total. The number of anilines is 1. The lowest BCUT2D eigenvalue weighted by atomic mass is 10.2. The number of nitrogens with zero attached hydrogens (tertiary/aromatic N) is 2. The van der Waals surface area contributed by atoms with E-state index in [0.29, 0.717) is 16.4 Å². The standard InChI is InChI=1S/C18H14FN3O3S/c1-11(25-17(24)13-6-8-20-9-7-13)16(23)22-18-21-15(10-26-18)12-2-4-14(19)5-3-12/h2-11H,1H3,(H,21,22,23). The molecule has 132 valence electrons. The number of halogens is 1. The molecule has 0 saturated heterocycles. The monoisotopic (exact) mass is 371 g/mol. The molecule has 0 aliphatic carbocycles. The second-order valence-corrected chi connectivity index (χ2v) is 6.18. The second kappa shape index (κ2) is 7.83. The van der Waals surface area contributed by atoms with Gasteiger partial charge in [0.15, 0.2) is 11.2 Å². The van der Waals surface area contributed by atoms with Crippen LogP contribution in [0.1, 0.15) is 17.3 Å². The van der Waals surface area contributed by atoms with Crippen LogP contribution in [0.2, 0.25) is 0 Å². The number of pyridine rings is 1. The number of benzene rings is 1. The summed E-state index contributed by atoms with van der Waals surface area (Å²) in [4.78, 5) is 32.2. The van der Waals surface area contributed by atoms with Crippen LogP contribution in [0, 0.1) is 5.82 Å². The molecular weight excluding hydrogens is 357 g/mol. The number of aromatic nitrogens is 2. The predicted octanol–water partition coefficient (Wildman–Crippen LogP) is 3.53. The average molecular weight is 371 g/mol. The molecule has 8 heteroatoms. The number of carbonyl (C=O) groups excluding carboxylic acids is 2. The summed E-state index contributed by atoms with van der Waals surface area (Å²) in [6.45, 7) is 1.48. The Hall–Kier alpha value is -3.13. The maximum atomic E-state index is 13.0. The molecule has 1 amide bonds. The van der Waals surface area contributed by atoms with E-state index in [4.69, 9.17) is 4.74 Å². The number of amides is 1. The molecule has 0 aliphatic rings. The Labute approximate surface area is 152 Å². The highest BCUT2D eigenvalue weighted by Gasteiger charge is 2.20. The number of hydrogen-bond donors (Lipinski definition) is 1. The van der Waals surface area contributed by atoms with Gasteiger partial charge in [0.1, 0.15) is 5.82 Å². The number of carbonyl (C=O) groups is 2. The minimum absolute atomic E-state index is 0.312. The zero-order chi connectivity index (χ0) is 18.5. The molecule has 1 atom stereocenters. The van der Waals surface area contributed by atoms with E-state index in [1.165, 1.54) is 54.9 Å². The van der Waals surface area contributed by atoms with Crippen molar-refractivity contribution < 1.29 is 18.7 Å². The van der Waals surface area contributed by atoms with E-state index in [-0.39, 0.29) is 5.82 Å². The summed E-state index contributed by atoms with van der Waals surface area (Å²) in [7, 11) is 0. The first-order chi connectivity index (χ1) is 12.5. The van der Waals surface area contributed by atoms with Crippen LogP contribution in [0.15, 0.2) is 54.2 Å². The van der Waals surface area contributed by atoms with Gasteiger partial charge in [-0.25, -0.2) is 14.2 Å². The molecule has 6 nitrogen and oxygen atoms in total. The van der Waals surface area contributed by atoms with Crippen molar-refractivity contribution in [3.8, 4) is 11.3 Å². The van der Waals surface area contributed by atoms with Crippen molar-refractivity contribution in [1.82, 2.24) is 9.97 Å². The van der Waals surface area contributed by atoms with Crippen molar-refractivity contribution in [2.24, 2.45) is 0 Å². The zero-order valence-electron chi connectivity index (χ0n) is 13.7. The molecule has 2 aromatic heterocycles. The summed E-state index contributed by atoms with van der Waals surface area (Å²) in [5, 5.41) is 4.71. The minimum Gasteiger partial charge on any atom is -0.449 e. The Morgan fingerprint density at radius 3 is 2.54 bits per heavy atom. The van der Waals surface area contributed by atoms with Gasteiger partial charge in [0.2, 0.25) is 0 Å². The van der Waals surface area contributed by atoms with Crippen molar-refractivity contribution in [3.05, 3.63) is 65.6 Å². The quantitative estimate of drug-likeness (QED) is 0.694. The maximum absolute atomic E-state index is 13.0. The van der Waals surface area contributed by atoms with Gasteiger partial charge >= 0.3 is 5.97 Å². The normalized spacial score (nSPS) is 11.6. The molecule has 2 heterocycles. The lowest BCUT2D eigenvalue weighted by molar-refractivity contribution is -0.123. The highest BCUT2D eigenvalue weighted by atomic mass is 32.1.